The van der Waals surface area contributed by atoms with Gasteiger partial charge in [0.15, 0.2) is 0 Å². The molecule has 16 heavy (non-hydrogen) atoms. The number of nitrogens with zero attached hydrogens (tertiary/aromatic N) is 1. The predicted molar refractivity (Wildman–Crippen MR) is 69.6 cm³/mol. The molecule has 82 valence electrons. The van der Waals surface area contributed by atoms with Crippen molar-refractivity contribution in [3.63, 3.8) is 0 Å². The second-order valence-electron chi connectivity index (χ2n) is 3.25. The summed E-state index contributed by atoms with van der Waals surface area (Å²) in [5.74, 6) is 0. The number of hydrogen-bond donors (Lipinski definition) is 3. The minimum atomic E-state index is 0.284. The van der Waals surface area contributed by atoms with Crippen LogP contribution in [0, 0.1) is 11.3 Å². The van der Waals surface area contributed by atoms with Gasteiger partial charge >= 0.3 is 0 Å². The Morgan fingerprint density at radius 3 is 2.38 bits per heavy atom. The van der Waals surface area contributed by atoms with Gasteiger partial charge in [0.1, 0.15) is 16.6 Å². The van der Waals surface area contributed by atoms with Crippen LogP contribution in [0.25, 0.3) is 0 Å². The van der Waals surface area contributed by atoms with Gasteiger partial charge in [-0.05, 0) is 31.2 Å². The number of nitrogen functional groups attached to an aromatic ring is 1. The van der Waals surface area contributed by atoms with Gasteiger partial charge in [-0.1, -0.05) is 12.2 Å². The molecule has 0 spiro atoms. The Bertz CT molecular complexity index is 464. The topological polar surface area (TPSA) is 87.9 Å². The van der Waals surface area contributed by atoms with E-state index in [9.17, 15) is 0 Å². The van der Waals surface area contributed by atoms with Crippen LogP contribution in [0.3, 0.4) is 0 Å². The van der Waals surface area contributed by atoms with Crippen molar-refractivity contribution in [2.45, 2.75) is 6.92 Å². The second kappa shape index (κ2) is 5.14. The number of benzene rings is 1. The zero-order chi connectivity index (χ0) is 12.1. The summed E-state index contributed by atoms with van der Waals surface area (Å²) in [6.45, 7) is 1.63. The van der Waals surface area contributed by atoms with Crippen LogP contribution in [0.4, 0.5) is 11.4 Å². The van der Waals surface area contributed by atoms with E-state index in [1.54, 1.807) is 31.2 Å². The lowest BCUT2D eigenvalue weighted by atomic mass is 10.2. The Labute approximate surface area is 99.5 Å². The van der Waals surface area contributed by atoms with Crippen molar-refractivity contribution in [1.29, 1.82) is 5.26 Å². The third kappa shape index (κ3) is 2.97. The first-order valence-corrected chi connectivity index (χ1v) is 4.98. The smallest absolute Gasteiger partial charge is 0.123 e. The minimum Gasteiger partial charge on any atom is -0.401 e. The van der Waals surface area contributed by atoms with E-state index in [1.165, 1.54) is 0 Å². The molecule has 1 rings (SSSR count). The van der Waals surface area contributed by atoms with Crippen LogP contribution in [0.15, 0.2) is 35.5 Å². The second-order valence-corrected chi connectivity index (χ2v) is 3.65. The predicted octanol–water partition coefficient (Wildman–Crippen LogP) is 1.76. The van der Waals surface area contributed by atoms with Gasteiger partial charge in [0.25, 0.3) is 0 Å². The highest BCUT2D eigenvalue weighted by Gasteiger charge is 2.06. The summed E-state index contributed by atoms with van der Waals surface area (Å²) in [6, 6.07) is 9.01. The maximum absolute atomic E-state index is 8.85. The van der Waals surface area contributed by atoms with Crippen molar-refractivity contribution in [2.75, 3.05) is 11.1 Å². The highest BCUT2D eigenvalue weighted by molar-refractivity contribution is 7.81. The van der Waals surface area contributed by atoms with Gasteiger partial charge in [0.2, 0.25) is 0 Å². The summed E-state index contributed by atoms with van der Waals surface area (Å²) < 4.78 is 0. The van der Waals surface area contributed by atoms with E-state index in [2.05, 4.69) is 5.32 Å². The zero-order valence-corrected chi connectivity index (χ0v) is 9.64. The molecular formula is C11H12N4S. The number of thiocarbonyl (C=S) groups is 1. The summed E-state index contributed by atoms with van der Waals surface area (Å²) >= 11 is 5.06. The lowest BCUT2D eigenvalue weighted by Gasteiger charge is -2.07. The van der Waals surface area contributed by atoms with Gasteiger partial charge in [0, 0.05) is 17.1 Å². The highest BCUT2D eigenvalue weighted by atomic mass is 32.1. The Morgan fingerprint density at radius 1 is 1.38 bits per heavy atom. The molecule has 0 atom stereocenters. The van der Waals surface area contributed by atoms with E-state index in [0.717, 1.165) is 5.69 Å². The molecule has 0 bridgehead atoms. The molecule has 5 heteroatoms. The van der Waals surface area contributed by atoms with Crippen LogP contribution < -0.4 is 16.8 Å². The first-order valence-electron chi connectivity index (χ1n) is 4.58. The zero-order valence-electron chi connectivity index (χ0n) is 8.82. The number of rotatable bonds is 2. The largest absolute Gasteiger partial charge is 0.401 e. The fourth-order valence-corrected chi connectivity index (χ4v) is 1.40. The maximum atomic E-state index is 8.85. The Kier molecular flexibility index (Phi) is 3.86. The molecule has 1 aromatic carbocycles. The van der Waals surface area contributed by atoms with Crippen molar-refractivity contribution in [3.05, 3.63) is 35.5 Å². The quantitative estimate of drug-likeness (QED) is 0.313. The molecule has 1 aromatic rings. The average Bonchev–Trinajstić information content (AvgIpc) is 2.22. The van der Waals surface area contributed by atoms with Gasteiger partial charge in [-0.2, -0.15) is 5.26 Å². The van der Waals surface area contributed by atoms with Gasteiger partial charge in [-0.15, -0.1) is 0 Å². The fraction of sp³-hybridized carbons (Fsp3) is 0.0909. The summed E-state index contributed by atoms with van der Waals surface area (Å²) in [7, 11) is 0. The van der Waals surface area contributed by atoms with E-state index in [-0.39, 0.29) is 5.57 Å². The monoisotopic (exact) mass is 232 g/mol. The normalized spacial score (nSPS) is 11.2. The highest BCUT2D eigenvalue weighted by Crippen LogP contribution is 2.12. The molecule has 0 aliphatic heterocycles. The Morgan fingerprint density at radius 2 is 1.94 bits per heavy atom. The summed E-state index contributed by atoms with van der Waals surface area (Å²) in [6.07, 6.45) is 0. The van der Waals surface area contributed by atoms with Gasteiger partial charge in [-0.25, -0.2) is 0 Å². The number of hydrogen-bond acceptors (Lipinski definition) is 4. The lowest BCUT2D eigenvalue weighted by Crippen LogP contribution is -2.14. The third-order valence-corrected chi connectivity index (χ3v) is 2.21. The van der Waals surface area contributed by atoms with Crippen LogP contribution in [0.1, 0.15) is 6.92 Å². The minimum absolute atomic E-state index is 0.284. The van der Waals surface area contributed by atoms with E-state index in [1.807, 2.05) is 6.07 Å². The standard InChI is InChI=1S/C11H12N4S/c1-7(13)10(6-12)11(16)15-9-4-2-8(14)3-5-9/h2-5H,13-14H2,1H3,(H,15,16)/b10-7+. The molecule has 0 radical (unpaired) electrons. The van der Waals surface area contributed by atoms with Crippen molar-refractivity contribution in [1.82, 2.24) is 0 Å². The van der Waals surface area contributed by atoms with Gasteiger partial charge < -0.3 is 16.8 Å². The van der Waals surface area contributed by atoms with Crippen molar-refractivity contribution in [3.8, 4) is 6.07 Å². The molecule has 5 N–H and O–H groups in total. The number of allylic oxidation sites excluding steroid dienone is 1. The van der Waals surface area contributed by atoms with E-state index in [0.29, 0.717) is 16.4 Å². The molecule has 0 aliphatic rings. The SMILES string of the molecule is C/C(N)=C(/C#N)C(=S)Nc1ccc(N)cc1. The molecule has 0 saturated carbocycles. The number of nitrogens with one attached hydrogen (secondary N) is 1. The first kappa shape index (κ1) is 12.0. The number of nitriles is 1. The fourth-order valence-electron chi connectivity index (χ4n) is 1.08. The number of anilines is 2. The van der Waals surface area contributed by atoms with Gasteiger partial charge in [0.05, 0.1) is 0 Å². The molecule has 0 saturated heterocycles. The molecule has 0 fully saturated rings. The molecular weight excluding hydrogens is 220 g/mol. The average molecular weight is 232 g/mol. The van der Waals surface area contributed by atoms with Crippen LogP contribution in [0.5, 0.6) is 0 Å². The van der Waals surface area contributed by atoms with E-state index >= 15 is 0 Å². The van der Waals surface area contributed by atoms with Crippen LogP contribution in [0.2, 0.25) is 0 Å². The van der Waals surface area contributed by atoms with E-state index in [4.69, 9.17) is 28.9 Å². The Balaban J connectivity index is 2.84. The Hall–Kier alpha value is -2.06. The van der Waals surface area contributed by atoms with Crippen molar-refractivity contribution in [2.24, 2.45) is 5.73 Å². The van der Waals surface area contributed by atoms with Crippen LogP contribution in [-0.2, 0) is 0 Å². The number of nitrogens with two attached hydrogens (primary N) is 2. The van der Waals surface area contributed by atoms with E-state index < -0.39 is 0 Å². The molecule has 0 aromatic heterocycles. The summed E-state index contributed by atoms with van der Waals surface area (Å²) in [4.78, 5) is 0.312. The third-order valence-electron chi connectivity index (χ3n) is 1.90. The summed E-state index contributed by atoms with van der Waals surface area (Å²) in [5, 5.41) is 11.8. The molecule has 4 nitrogen and oxygen atoms in total. The molecule has 0 unspecified atom stereocenters. The molecule has 0 aliphatic carbocycles. The molecule has 0 heterocycles. The van der Waals surface area contributed by atoms with Crippen molar-refractivity contribution < 1.29 is 0 Å². The van der Waals surface area contributed by atoms with Crippen molar-refractivity contribution >= 4 is 28.6 Å². The van der Waals surface area contributed by atoms with Crippen LogP contribution in [-0.4, -0.2) is 4.99 Å². The molecule has 0 amide bonds. The van der Waals surface area contributed by atoms with Gasteiger partial charge in [-0.3, -0.25) is 0 Å². The van der Waals surface area contributed by atoms with Crippen LogP contribution >= 0.6 is 12.2 Å². The summed E-state index contributed by atoms with van der Waals surface area (Å²) in [5.41, 5.74) is 13.2. The first-order chi connectivity index (χ1) is 7.54. The maximum Gasteiger partial charge on any atom is 0.123 e. The lowest BCUT2D eigenvalue weighted by molar-refractivity contribution is 1.29.